The minimum Gasteiger partial charge on any atom is -0.296 e. The number of nitrogens with zero attached hydrogens (tertiary/aromatic N) is 4. The predicted molar refractivity (Wildman–Crippen MR) is 73.6 cm³/mol. The molecule has 0 N–H and O–H groups in total. The van der Waals surface area contributed by atoms with E-state index >= 15 is 0 Å². The van der Waals surface area contributed by atoms with Gasteiger partial charge in [-0.25, -0.2) is 4.68 Å². The summed E-state index contributed by atoms with van der Waals surface area (Å²) in [5.74, 6) is -0.212. The monoisotopic (exact) mass is 294 g/mol. The number of fused-ring (bicyclic) bond motifs is 2. The predicted octanol–water partition coefficient (Wildman–Crippen LogP) is 2.44. The maximum atomic E-state index is 11.4. The molecule has 0 aliphatic heterocycles. The third-order valence-corrected chi connectivity index (χ3v) is 3.44. The molecule has 0 atom stereocenters. The fraction of sp³-hybridized carbons (Fsp3) is 0.167. The van der Waals surface area contributed by atoms with Crippen molar-refractivity contribution >= 4 is 50.9 Å². The second-order valence-electron chi connectivity index (χ2n) is 4.05. The van der Waals surface area contributed by atoms with Crippen molar-refractivity contribution < 1.29 is 4.79 Å². The summed E-state index contributed by atoms with van der Waals surface area (Å²) in [4.78, 5) is 15.7. The molecule has 0 bridgehead atoms. The minimum absolute atomic E-state index is 0.0536. The van der Waals surface area contributed by atoms with Crippen LogP contribution in [0.5, 0.6) is 0 Å². The lowest BCUT2D eigenvalue weighted by atomic mass is 10.2. The highest BCUT2D eigenvalue weighted by molar-refractivity contribution is 6.39. The normalized spacial score (nSPS) is 11.3. The summed E-state index contributed by atoms with van der Waals surface area (Å²) in [6.07, 6.45) is 1.66. The minimum atomic E-state index is -0.148. The number of ketones is 1. The van der Waals surface area contributed by atoms with Crippen molar-refractivity contribution in [2.24, 2.45) is 0 Å². The van der Waals surface area contributed by atoms with Crippen LogP contribution in [0.4, 0.5) is 0 Å². The molecule has 7 heteroatoms. The van der Waals surface area contributed by atoms with E-state index in [2.05, 4.69) is 15.3 Å². The lowest BCUT2D eigenvalue weighted by Gasteiger charge is -2.03. The lowest BCUT2D eigenvalue weighted by molar-refractivity contribution is -0.117. The average molecular weight is 295 g/mol. The number of rotatable bonds is 3. The molecular formula is C12H8Cl2N4O. The molecule has 0 fully saturated rings. The molecule has 0 unspecified atom stereocenters. The van der Waals surface area contributed by atoms with E-state index in [-0.39, 0.29) is 18.2 Å². The molecule has 19 heavy (non-hydrogen) atoms. The fourth-order valence-electron chi connectivity index (χ4n) is 1.95. The van der Waals surface area contributed by atoms with Gasteiger partial charge in [0.25, 0.3) is 0 Å². The molecule has 1 aromatic carbocycles. The van der Waals surface area contributed by atoms with Crippen molar-refractivity contribution in [1.29, 1.82) is 0 Å². The average Bonchev–Trinajstić information content (AvgIpc) is 2.82. The number of alkyl halides is 1. The number of hydrogen-bond acceptors (Lipinski definition) is 4. The molecule has 0 saturated carbocycles. The number of Topliss-reactive ketones (excluding diaryl/α,β-unsaturated/α-hetero) is 1. The Kier molecular flexibility index (Phi) is 3.08. The van der Waals surface area contributed by atoms with E-state index in [4.69, 9.17) is 23.2 Å². The zero-order valence-electron chi connectivity index (χ0n) is 9.68. The summed E-state index contributed by atoms with van der Waals surface area (Å²) >= 11 is 11.8. The van der Waals surface area contributed by atoms with Crippen molar-refractivity contribution in [1.82, 2.24) is 20.0 Å². The van der Waals surface area contributed by atoms with Crippen LogP contribution in [-0.2, 0) is 11.3 Å². The molecule has 0 aliphatic carbocycles. The first kappa shape index (κ1) is 12.3. The highest BCUT2D eigenvalue weighted by Gasteiger charge is 2.14. The van der Waals surface area contributed by atoms with Crippen molar-refractivity contribution in [3.63, 3.8) is 0 Å². The quantitative estimate of drug-likeness (QED) is 0.696. The van der Waals surface area contributed by atoms with Crippen molar-refractivity contribution in [3.8, 4) is 0 Å². The van der Waals surface area contributed by atoms with Gasteiger partial charge in [0.2, 0.25) is 0 Å². The highest BCUT2D eigenvalue weighted by Crippen LogP contribution is 2.29. The summed E-state index contributed by atoms with van der Waals surface area (Å²) < 4.78 is 1.45. The number of aromatic nitrogens is 4. The van der Waals surface area contributed by atoms with Gasteiger partial charge >= 0.3 is 0 Å². The summed E-state index contributed by atoms with van der Waals surface area (Å²) in [5.41, 5.74) is 1.90. The van der Waals surface area contributed by atoms with Crippen molar-refractivity contribution in [3.05, 3.63) is 29.4 Å². The first-order valence-electron chi connectivity index (χ1n) is 5.55. The van der Waals surface area contributed by atoms with E-state index in [9.17, 15) is 4.79 Å². The van der Waals surface area contributed by atoms with Crippen molar-refractivity contribution in [2.45, 2.75) is 6.54 Å². The number of halogens is 2. The van der Waals surface area contributed by atoms with Crippen LogP contribution >= 0.6 is 23.2 Å². The van der Waals surface area contributed by atoms with Crippen LogP contribution in [-0.4, -0.2) is 31.6 Å². The van der Waals surface area contributed by atoms with Crippen LogP contribution in [0.25, 0.3) is 21.9 Å². The smallest absolute Gasteiger partial charge is 0.169 e. The van der Waals surface area contributed by atoms with Crippen LogP contribution in [0, 0.1) is 0 Å². The molecule has 96 valence electrons. The first-order valence-corrected chi connectivity index (χ1v) is 6.46. The van der Waals surface area contributed by atoms with Crippen LogP contribution in [0.3, 0.4) is 0 Å². The second-order valence-corrected chi connectivity index (χ2v) is 4.70. The van der Waals surface area contributed by atoms with Gasteiger partial charge in [-0.15, -0.1) is 16.7 Å². The second kappa shape index (κ2) is 4.75. The van der Waals surface area contributed by atoms with Gasteiger partial charge < -0.3 is 0 Å². The number of hydrogen-bond donors (Lipinski definition) is 0. The van der Waals surface area contributed by atoms with Gasteiger partial charge in [-0.2, -0.15) is 0 Å². The zero-order valence-corrected chi connectivity index (χ0v) is 11.2. The maximum absolute atomic E-state index is 11.4. The summed E-state index contributed by atoms with van der Waals surface area (Å²) in [7, 11) is 0. The van der Waals surface area contributed by atoms with Gasteiger partial charge in [0, 0.05) is 11.6 Å². The Morgan fingerprint density at radius 3 is 3.05 bits per heavy atom. The summed E-state index contributed by atoms with van der Waals surface area (Å²) in [6, 6.07) is 5.57. The molecule has 0 spiro atoms. The number of carbonyl (C=O) groups excluding carboxylic acids is 1. The summed E-state index contributed by atoms with van der Waals surface area (Å²) in [5, 5.41) is 9.29. The Hall–Kier alpha value is -1.72. The van der Waals surface area contributed by atoms with Gasteiger partial charge in [-0.3, -0.25) is 9.78 Å². The van der Waals surface area contributed by atoms with Crippen molar-refractivity contribution in [2.75, 3.05) is 5.88 Å². The van der Waals surface area contributed by atoms with Crippen LogP contribution in [0.2, 0.25) is 5.02 Å². The number of benzene rings is 1. The Bertz CT molecular complexity index is 784. The Morgan fingerprint density at radius 1 is 1.42 bits per heavy atom. The van der Waals surface area contributed by atoms with Crippen LogP contribution < -0.4 is 0 Å². The molecular weight excluding hydrogens is 287 g/mol. The standard InChI is InChI=1S/C12H8Cl2N4O/c13-5-8(19)6-18-12-9(16-17-18)4-7-2-1-3-15-11(7)10(12)14/h1-4H,5-6H2. The van der Waals surface area contributed by atoms with Gasteiger partial charge in [0.15, 0.2) is 5.78 Å². The molecule has 3 aromatic rings. The van der Waals surface area contributed by atoms with Gasteiger partial charge in [0.1, 0.15) is 17.6 Å². The molecule has 2 heterocycles. The Morgan fingerprint density at radius 2 is 2.26 bits per heavy atom. The van der Waals surface area contributed by atoms with Crippen LogP contribution in [0.1, 0.15) is 0 Å². The third kappa shape index (κ3) is 2.05. The molecule has 0 amide bonds. The lowest BCUT2D eigenvalue weighted by Crippen LogP contribution is -2.12. The zero-order chi connectivity index (χ0) is 13.4. The van der Waals surface area contributed by atoms with E-state index in [1.54, 1.807) is 6.20 Å². The number of carbonyl (C=O) groups is 1. The number of pyridine rings is 1. The maximum Gasteiger partial charge on any atom is 0.169 e. The van der Waals surface area contributed by atoms with E-state index < -0.39 is 0 Å². The molecule has 0 radical (unpaired) electrons. The molecule has 0 saturated heterocycles. The topological polar surface area (TPSA) is 60.7 Å². The van der Waals surface area contributed by atoms with Gasteiger partial charge in [-0.05, 0) is 12.1 Å². The molecule has 0 aliphatic rings. The van der Waals surface area contributed by atoms with E-state index in [0.29, 0.717) is 21.6 Å². The highest BCUT2D eigenvalue weighted by atomic mass is 35.5. The fourth-order valence-corrected chi connectivity index (χ4v) is 2.38. The molecule has 3 rings (SSSR count). The first-order chi connectivity index (χ1) is 9.20. The molecule has 2 aromatic heterocycles. The Balaban J connectivity index is 2.27. The van der Waals surface area contributed by atoms with Crippen LogP contribution in [0.15, 0.2) is 24.4 Å². The third-order valence-electron chi connectivity index (χ3n) is 2.78. The SMILES string of the molecule is O=C(CCl)Cn1nnc2cc3cccnc3c(Cl)c21. The largest absolute Gasteiger partial charge is 0.296 e. The van der Waals surface area contributed by atoms with Gasteiger partial charge in [-0.1, -0.05) is 22.9 Å². The van der Waals surface area contributed by atoms with E-state index in [1.807, 2.05) is 18.2 Å². The Labute approximate surface area is 118 Å². The molecule has 5 nitrogen and oxygen atoms in total. The van der Waals surface area contributed by atoms with Gasteiger partial charge in [0.05, 0.1) is 16.4 Å². The van der Waals surface area contributed by atoms with E-state index in [0.717, 1.165) is 5.39 Å². The summed E-state index contributed by atoms with van der Waals surface area (Å²) in [6.45, 7) is 0.0536. The van der Waals surface area contributed by atoms with E-state index in [1.165, 1.54) is 4.68 Å².